The lowest BCUT2D eigenvalue weighted by Gasteiger charge is -2.27. The summed E-state index contributed by atoms with van der Waals surface area (Å²) < 4.78 is 27.6. The van der Waals surface area contributed by atoms with Crippen molar-refractivity contribution in [3.8, 4) is 0 Å². The largest absolute Gasteiger partial charge is 0.481 e. The van der Waals surface area contributed by atoms with E-state index in [0.717, 1.165) is 12.8 Å². The van der Waals surface area contributed by atoms with Crippen LogP contribution in [0, 0.1) is 11.8 Å². The number of sulfonamides is 1. The second-order valence-corrected chi connectivity index (χ2v) is 8.63. The third-order valence-electron chi connectivity index (χ3n) is 5.01. The van der Waals surface area contributed by atoms with E-state index >= 15 is 0 Å². The Labute approximate surface area is 137 Å². The highest BCUT2D eigenvalue weighted by atomic mass is 32.2. The minimum Gasteiger partial charge on any atom is -0.481 e. The van der Waals surface area contributed by atoms with Gasteiger partial charge in [0.15, 0.2) is 0 Å². The monoisotopic (exact) mass is 337 g/mol. The smallest absolute Gasteiger partial charge is 0.306 e. The van der Waals surface area contributed by atoms with Crippen molar-refractivity contribution < 1.29 is 18.3 Å². The van der Waals surface area contributed by atoms with Gasteiger partial charge in [0, 0.05) is 6.04 Å². The number of carboxylic acid groups (broad SMARTS) is 1. The summed E-state index contributed by atoms with van der Waals surface area (Å²) in [6.07, 6.45) is 3.97. The average Bonchev–Trinajstić information content (AvgIpc) is 2.88. The molecular weight excluding hydrogens is 314 g/mol. The Morgan fingerprint density at radius 2 is 1.65 bits per heavy atom. The van der Waals surface area contributed by atoms with Crippen LogP contribution in [-0.2, 0) is 27.7 Å². The highest BCUT2D eigenvalue weighted by Crippen LogP contribution is 2.28. The van der Waals surface area contributed by atoms with E-state index in [1.807, 2.05) is 12.1 Å². The molecule has 0 aromatic heterocycles. The van der Waals surface area contributed by atoms with Crippen molar-refractivity contribution >= 4 is 16.0 Å². The van der Waals surface area contributed by atoms with Gasteiger partial charge in [-0.25, -0.2) is 13.1 Å². The van der Waals surface area contributed by atoms with Crippen molar-refractivity contribution in [2.45, 2.75) is 44.6 Å². The second-order valence-electron chi connectivity index (χ2n) is 6.83. The maximum atomic E-state index is 12.4. The quantitative estimate of drug-likeness (QED) is 0.860. The van der Waals surface area contributed by atoms with Crippen molar-refractivity contribution in [3.05, 3.63) is 35.4 Å². The van der Waals surface area contributed by atoms with Gasteiger partial charge in [-0.15, -0.1) is 0 Å². The molecule has 0 unspecified atom stereocenters. The SMILES string of the molecule is O=C(O)C1CCC(NS(=O)(=O)CC2Cc3ccccc3C2)CC1. The molecule has 126 valence electrons. The first-order valence-corrected chi connectivity index (χ1v) is 9.88. The van der Waals surface area contributed by atoms with Gasteiger partial charge >= 0.3 is 5.97 Å². The summed E-state index contributed by atoms with van der Waals surface area (Å²) >= 11 is 0. The molecule has 1 aromatic carbocycles. The first kappa shape index (κ1) is 16.5. The molecule has 0 amide bonds. The molecule has 5 nitrogen and oxygen atoms in total. The van der Waals surface area contributed by atoms with Gasteiger partial charge in [-0.05, 0) is 55.6 Å². The number of hydrogen-bond donors (Lipinski definition) is 2. The molecule has 2 N–H and O–H groups in total. The molecule has 0 aliphatic heterocycles. The number of carbonyl (C=O) groups is 1. The summed E-state index contributed by atoms with van der Waals surface area (Å²) in [6, 6.07) is 8.02. The van der Waals surface area contributed by atoms with E-state index in [9.17, 15) is 13.2 Å². The molecular formula is C17H23NO4S. The fraction of sp³-hybridized carbons (Fsp3) is 0.588. The Bertz CT molecular complexity index is 653. The lowest BCUT2D eigenvalue weighted by atomic mass is 9.87. The topological polar surface area (TPSA) is 83.5 Å². The summed E-state index contributed by atoms with van der Waals surface area (Å²) in [5.74, 6) is -0.795. The Hall–Kier alpha value is -1.40. The highest BCUT2D eigenvalue weighted by molar-refractivity contribution is 7.89. The third-order valence-corrected chi connectivity index (χ3v) is 6.62. The molecule has 1 fully saturated rings. The van der Waals surface area contributed by atoms with E-state index in [0.29, 0.717) is 25.7 Å². The van der Waals surface area contributed by atoms with Crippen LogP contribution in [0.25, 0.3) is 0 Å². The van der Waals surface area contributed by atoms with Crippen molar-refractivity contribution in [3.63, 3.8) is 0 Å². The number of aliphatic carboxylic acids is 1. The first-order valence-electron chi connectivity index (χ1n) is 8.22. The normalized spacial score (nSPS) is 25.2. The van der Waals surface area contributed by atoms with Crippen LogP contribution in [0.5, 0.6) is 0 Å². The molecule has 23 heavy (non-hydrogen) atoms. The molecule has 0 spiro atoms. The summed E-state index contributed by atoms with van der Waals surface area (Å²) in [6.45, 7) is 0. The Kier molecular flexibility index (Phi) is 4.73. The zero-order valence-electron chi connectivity index (χ0n) is 13.1. The average molecular weight is 337 g/mol. The van der Waals surface area contributed by atoms with E-state index in [4.69, 9.17) is 5.11 Å². The fourth-order valence-electron chi connectivity index (χ4n) is 3.84. The molecule has 2 aliphatic carbocycles. The summed E-state index contributed by atoms with van der Waals surface area (Å²) in [4.78, 5) is 10.9. The van der Waals surface area contributed by atoms with Crippen LogP contribution in [0.1, 0.15) is 36.8 Å². The van der Waals surface area contributed by atoms with E-state index in [1.165, 1.54) is 11.1 Å². The van der Waals surface area contributed by atoms with Crippen molar-refractivity contribution in [2.75, 3.05) is 5.75 Å². The predicted molar refractivity (Wildman–Crippen MR) is 87.6 cm³/mol. The van der Waals surface area contributed by atoms with Gasteiger partial charge < -0.3 is 5.11 Å². The molecule has 0 heterocycles. The first-order chi connectivity index (χ1) is 10.9. The van der Waals surface area contributed by atoms with Crippen LogP contribution in [-0.4, -0.2) is 31.3 Å². The minimum absolute atomic E-state index is 0.112. The van der Waals surface area contributed by atoms with Crippen LogP contribution in [0.4, 0.5) is 0 Å². The van der Waals surface area contributed by atoms with Crippen LogP contribution in [0.2, 0.25) is 0 Å². The molecule has 1 saturated carbocycles. The van der Waals surface area contributed by atoms with Crippen LogP contribution < -0.4 is 4.72 Å². The van der Waals surface area contributed by atoms with E-state index < -0.39 is 16.0 Å². The number of rotatable bonds is 5. The molecule has 0 atom stereocenters. The molecule has 3 rings (SSSR count). The van der Waals surface area contributed by atoms with E-state index in [-0.39, 0.29) is 23.6 Å². The Balaban J connectivity index is 1.52. The Morgan fingerprint density at radius 1 is 1.09 bits per heavy atom. The van der Waals surface area contributed by atoms with Gasteiger partial charge in [-0.1, -0.05) is 24.3 Å². The number of nitrogens with one attached hydrogen (secondary N) is 1. The maximum absolute atomic E-state index is 12.4. The van der Waals surface area contributed by atoms with Gasteiger partial charge in [0.2, 0.25) is 10.0 Å². The molecule has 0 radical (unpaired) electrons. The zero-order valence-corrected chi connectivity index (χ0v) is 13.9. The van der Waals surface area contributed by atoms with E-state index in [2.05, 4.69) is 16.9 Å². The number of fused-ring (bicyclic) bond motifs is 1. The molecule has 0 bridgehead atoms. The Morgan fingerprint density at radius 3 is 2.17 bits per heavy atom. The summed E-state index contributed by atoms with van der Waals surface area (Å²) in [5.41, 5.74) is 2.52. The van der Waals surface area contributed by atoms with Crippen molar-refractivity contribution in [1.82, 2.24) is 4.72 Å². The summed E-state index contributed by atoms with van der Waals surface area (Å²) in [5, 5.41) is 8.99. The predicted octanol–water partition coefficient (Wildman–Crippen LogP) is 1.96. The number of hydrogen-bond acceptors (Lipinski definition) is 3. The lowest BCUT2D eigenvalue weighted by molar-refractivity contribution is -0.142. The molecule has 6 heteroatoms. The molecule has 2 aliphatic rings. The highest BCUT2D eigenvalue weighted by Gasteiger charge is 2.31. The van der Waals surface area contributed by atoms with Gasteiger partial charge in [-0.2, -0.15) is 0 Å². The lowest BCUT2D eigenvalue weighted by Crippen LogP contribution is -2.41. The minimum atomic E-state index is -3.32. The van der Waals surface area contributed by atoms with Crippen LogP contribution in [0.15, 0.2) is 24.3 Å². The van der Waals surface area contributed by atoms with Crippen molar-refractivity contribution in [2.24, 2.45) is 11.8 Å². The van der Waals surface area contributed by atoms with Gasteiger partial charge in [0.1, 0.15) is 0 Å². The van der Waals surface area contributed by atoms with Gasteiger partial charge in [-0.3, -0.25) is 4.79 Å². The molecule has 0 saturated heterocycles. The fourth-order valence-corrected chi connectivity index (χ4v) is 5.53. The number of benzene rings is 1. The zero-order chi connectivity index (χ0) is 16.4. The van der Waals surface area contributed by atoms with Gasteiger partial charge in [0.05, 0.1) is 11.7 Å². The second kappa shape index (κ2) is 6.61. The van der Waals surface area contributed by atoms with Crippen molar-refractivity contribution in [1.29, 1.82) is 0 Å². The van der Waals surface area contributed by atoms with Crippen LogP contribution in [0.3, 0.4) is 0 Å². The van der Waals surface area contributed by atoms with Gasteiger partial charge in [0.25, 0.3) is 0 Å². The third kappa shape index (κ3) is 4.12. The summed E-state index contributed by atoms with van der Waals surface area (Å²) in [7, 11) is -3.32. The standard InChI is InChI=1S/C17H23NO4S/c19-17(20)13-5-7-16(8-6-13)18-23(21,22)11-12-9-14-3-1-2-4-15(14)10-12/h1-4,12-13,16,18H,5-11H2,(H,19,20). The maximum Gasteiger partial charge on any atom is 0.306 e. The molecule has 1 aromatic rings. The van der Waals surface area contributed by atoms with Crippen LogP contribution >= 0.6 is 0 Å². The number of carboxylic acids is 1. The van der Waals surface area contributed by atoms with E-state index in [1.54, 1.807) is 0 Å².